The average molecular weight is 257 g/mol. The Morgan fingerprint density at radius 1 is 1.47 bits per heavy atom. The maximum Gasteiger partial charge on any atom is 0.279 e. The number of nitrogens with one attached hydrogen (secondary N) is 1. The van der Waals surface area contributed by atoms with E-state index in [1.807, 2.05) is 0 Å². The molecule has 15 heavy (non-hydrogen) atoms. The van der Waals surface area contributed by atoms with Crippen molar-refractivity contribution in [2.75, 3.05) is 33.4 Å². The molecule has 0 aromatic carbocycles. The van der Waals surface area contributed by atoms with E-state index in [-0.39, 0.29) is 11.9 Å². The van der Waals surface area contributed by atoms with Gasteiger partial charge in [-0.15, -0.1) is 11.6 Å². The summed E-state index contributed by atoms with van der Waals surface area (Å²) in [7, 11) is -1.80. The summed E-state index contributed by atoms with van der Waals surface area (Å²) < 4.78 is 32.0. The van der Waals surface area contributed by atoms with Gasteiger partial charge in [0.15, 0.2) is 0 Å². The first kappa shape index (κ1) is 13.2. The molecule has 0 saturated carbocycles. The molecule has 0 spiro atoms. The van der Waals surface area contributed by atoms with Crippen LogP contribution in [0.2, 0.25) is 0 Å². The fraction of sp³-hybridized carbons (Fsp3) is 1.00. The first-order valence-electron chi connectivity index (χ1n) is 4.94. The molecular formula is C8H17ClN2O3S. The molecule has 5 nitrogen and oxygen atoms in total. The predicted molar refractivity (Wildman–Crippen MR) is 59.2 cm³/mol. The van der Waals surface area contributed by atoms with Crippen molar-refractivity contribution in [3.05, 3.63) is 0 Å². The number of rotatable bonds is 6. The zero-order chi connectivity index (χ0) is 11.3. The highest BCUT2D eigenvalue weighted by Crippen LogP contribution is 2.11. The van der Waals surface area contributed by atoms with Crippen LogP contribution in [0, 0.1) is 0 Å². The highest BCUT2D eigenvalue weighted by Gasteiger charge is 2.25. The van der Waals surface area contributed by atoms with Crippen molar-refractivity contribution in [2.45, 2.75) is 18.2 Å². The van der Waals surface area contributed by atoms with Gasteiger partial charge in [-0.25, -0.2) is 4.72 Å². The molecule has 0 radical (unpaired) electrons. The minimum atomic E-state index is -3.33. The van der Waals surface area contributed by atoms with Crippen LogP contribution in [0.5, 0.6) is 0 Å². The van der Waals surface area contributed by atoms with Crippen LogP contribution in [-0.4, -0.2) is 51.5 Å². The van der Waals surface area contributed by atoms with Gasteiger partial charge in [0.2, 0.25) is 0 Å². The first-order valence-corrected chi connectivity index (χ1v) is 6.81. The van der Waals surface area contributed by atoms with Gasteiger partial charge >= 0.3 is 0 Å². The zero-order valence-corrected chi connectivity index (χ0v) is 10.4. The molecule has 1 unspecified atom stereocenters. The fourth-order valence-electron chi connectivity index (χ4n) is 1.46. The van der Waals surface area contributed by atoms with Crippen LogP contribution >= 0.6 is 11.6 Å². The summed E-state index contributed by atoms with van der Waals surface area (Å²) >= 11 is 5.82. The topological polar surface area (TPSA) is 58.6 Å². The number of hydrogen-bond donors (Lipinski definition) is 1. The quantitative estimate of drug-likeness (QED) is 0.690. The molecule has 0 amide bonds. The van der Waals surface area contributed by atoms with Gasteiger partial charge in [0, 0.05) is 26.7 Å². The number of nitrogens with zero attached hydrogens (tertiary/aromatic N) is 1. The van der Waals surface area contributed by atoms with Gasteiger partial charge in [-0.05, 0) is 12.8 Å². The Morgan fingerprint density at radius 3 is 2.60 bits per heavy atom. The summed E-state index contributed by atoms with van der Waals surface area (Å²) in [4.78, 5) is 0. The van der Waals surface area contributed by atoms with Gasteiger partial charge in [0.1, 0.15) is 0 Å². The first-order chi connectivity index (χ1) is 7.06. The maximum atomic E-state index is 11.7. The lowest BCUT2D eigenvalue weighted by atomic mass is 10.4. The van der Waals surface area contributed by atoms with E-state index in [0.29, 0.717) is 19.7 Å². The van der Waals surface area contributed by atoms with Crippen LogP contribution in [0.1, 0.15) is 12.8 Å². The van der Waals surface area contributed by atoms with Crippen molar-refractivity contribution in [1.82, 2.24) is 9.03 Å². The summed E-state index contributed by atoms with van der Waals surface area (Å²) in [6.45, 7) is 1.75. The van der Waals surface area contributed by atoms with E-state index in [4.69, 9.17) is 16.3 Å². The smallest absolute Gasteiger partial charge is 0.279 e. The third-order valence-corrected chi connectivity index (χ3v) is 4.10. The Labute approximate surface area is 95.9 Å². The molecule has 0 aliphatic carbocycles. The monoisotopic (exact) mass is 256 g/mol. The Morgan fingerprint density at radius 2 is 2.07 bits per heavy atom. The number of hydrogen-bond acceptors (Lipinski definition) is 3. The Bertz CT molecular complexity index is 278. The summed E-state index contributed by atoms with van der Waals surface area (Å²) in [5.74, 6) is 0. The highest BCUT2D eigenvalue weighted by molar-refractivity contribution is 7.87. The van der Waals surface area contributed by atoms with Gasteiger partial charge in [0.25, 0.3) is 10.2 Å². The standard InChI is InChI=1S/C8H17ClN2O3S/c1-14-7-8(9)6-10-15(12,13)11-4-2-3-5-11/h8,10H,2-7H2,1H3. The van der Waals surface area contributed by atoms with Crippen molar-refractivity contribution in [3.63, 3.8) is 0 Å². The largest absolute Gasteiger partial charge is 0.383 e. The van der Waals surface area contributed by atoms with Crippen LogP contribution in [0.15, 0.2) is 0 Å². The second-order valence-corrected chi connectivity index (χ2v) is 5.88. The fourth-order valence-corrected chi connectivity index (χ4v) is 3.08. The van der Waals surface area contributed by atoms with Gasteiger partial charge in [-0.3, -0.25) is 0 Å². The molecule has 0 aromatic heterocycles. The molecule has 1 aliphatic rings. The van der Waals surface area contributed by atoms with Crippen LogP contribution in [0.4, 0.5) is 0 Å². The van der Waals surface area contributed by atoms with Crippen LogP contribution in [0.3, 0.4) is 0 Å². The molecule has 1 saturated heterocycles. The molecule has 1 rings (SSSR count). The molecule has 1 N–H and O–H groups in total. The van der Waals surface area contributed by atoms with Gasteiger partial charge in [-0.1, -0.05) is 0 Å². The van der Waals surface area contributed by atoms with Crippen molar-refractivity contribution in [2.24, 2.45) is 0 Å². The lowest BCUT2D eigenvalue weighted by molar-refractivity contribution is 0.198. The average Bonchev–Trinajstić information content (AvgIpc) is 2.69. The number of halogens is 1. The molecule has 1 atom stereocenters. The van der Waals surface area contributed by atoms with Crippen LogP contribution < -0.4 is 4.72 Å². The number of methoxy groups -OCH3 is 1. The number of ether oxygens (including phenoxy) is 1. The highest BCUT2D eigenvalue weighted by atomic mass is 35.5. The van der Waals surface area contributed by atoms with Crippen molar-refractivity contribution in [3.8, 4) is 0 Å². The lowest BCUT2D eigenvalue weighted by Crippen LogP contribution is -2.41. The molecule has 7 heteroatoms. The SMILES string of the molecule is COCC(Cl)CNS(=O)(=O)N1CCCC1. The normalized spacial score (nSPS) is 20.7. The molecular weight excluding hydrogens is 240 g/mol. The summed E-state index contributed by atoms with van der Waals surface area (Å²) in [5, 5.41) is -0.327. The van der Waals surface area contributed by atoms with Gasteiger partial charge < -0.3 is 4.74 Å². The molecule has 0 aromatic rings. The Kier molecular flexibility index (Phi) is 5.28. The van der Waals surface area contributed by atoms with Gasteiger partial charge in [0.05, 0.1) is 12.0 Å². The molecule has 1 aliphatic heterocycles. The second-order valence-electron chi connectivity index (χ2n) is 3.51. The van der Waals surface area contributed by atoms with Crippen LogP contribution in [0.25, 0.3) is 0 Å². The van der Waals surface area contributed by atoms with E-state index >= 15 is 0 Å². The van der Waals surface area contributed by atoms with E-state index in [1.165, 1.54) is 11.4 Å². The summed E-state index contributed by atoms with van der Waals surface area (Å²) in [6.07, 6.45) is 1.87. The summed E-state index contributed by atoms with van der Waals surface area (Å²) in [5.41, 5.74) is 0. The van der Waals surface area contributed by atoms with Crippen molar-refractivity contribution >= 4 is 21.8 Å². The second kappa shape index (κ2) is 6.00. The molecule has 0 bridgehead atoms. The third-order valence-electron chi connectivity index (χ3n) is 2.24. The summed E-state index contributed by atoms with van der Waals surface area (Å²) in [6, 6.07) is 0. The Balaban J connectivity index is 2.35. The van der Waals surface area contributed by atoms with Crippen LogP contribution in [-0.2, 0) is 14.9 Å². The van der Waals surface area contributed by atoms with E-state index in [2.05, 4.69) is 4.72 Å². The molecule has 90 valence electrons. The molecule has 1 heterocycles. The lowest BCUT2D eigenvalue weighted by Gasteiger charge is -2.17. The van der Waals surface area contributed by atoms with Gasteiger partial charge in [-0.2, -0.15) is 12.7 Å². The van der Waals surface area contributed by atoms with Crippen molar-refractivity contribution in [1.29, 1.82) is 0 Å². The Hall–Kier alpha value is 0.120. The third kappa shape index (κ3) is 4.24. The minimum Gasteiger partial charge on any atom is -0.383 e. The van der Waals surface area contributed by atoms with E-state index in [0.717, 1.165) is 12.8 Å². The number of alkyl halides is 1. The van der Waals surface area contributed by atoms with E-state index in [9.17, 15) is 8.42 Å². The van der Waals surface area contributed by atoms with E-state index in [1.54, 1.807) is 0 Å². The zero-order valence-electron chi connectivity index (χ0n) is 8.78. The van der Waals surface area contributed by atoms with Crippen molar-refractivity contribution < 1.29 is 13.2 Å². The maximum absolute atomic E-state index is 11.7. The van der Waals surface area contributed by atoms with E-state index < -0.39 is 10.2 Å². The minimum absolute atomic E-state index is 0.203. The molecule has 1 fully saturated rings. The predicted octanol–water partition coefficient (Wildman–Crippen LogP) is 0.170.